The normalized spacial score (nSPS) is 14.8. The number of hydrogen-bond donors (Lipinski definition) is 1. The molecular formula is C20H20N2O4. The number of aliphatic imine (C=N–C) groups is 1. The number of benzene rings is 2. The van der Waals surface area contributed by atoms with Gasteiger partial charge in [-0.1, -0.05) is 12.1 Å². The minimum Gasteiger partial charge on any atom is -0.496 e. The first-order chi connectivity index (χ1) is 12.6. The van der Waals surface area contributed by atoms with E-state index in [4.69, 9.17) is 14.2 Å². The highest BCUT2D eigenvalue weighted by Gasteiger charge is 2.26. The van der Waals surface area contributed by atoms with E-state index in [9.17, 15) is 4.79 Å². The summed E-state index contributed by atoms with van der Waals surface area (Å²) in [4.78, 5) is 16.8. The Bertz CT molecular complexity index is 894. The van der Waals surface area contributed by atoms with E-state index in [1.807, 2.05) is 31.2 Å². The lowest BCUT2D eigenvalue weighted by atomic mass is 10.1. The molecule has 1 aliphatic heterocycles. The van der Waals surface area contributed by atoms with Crippen molar-refractivity contribution >= 4 is 17.8 Å². The quantitative estimate of drug-likeness (QED) is 0.840. The van der Waals surface area contributed by atoms with E-state index in [2.05, 4.69) is 10.3 Å². The minimum atomic E-state index is -0.276. The molecule has 1 amide bonds. The molecule has 6 heteroatoms. The SMILES string of the molecule is COc1ccc(/C=C2/N=C(c3c(OC)cccc3OC)NC2=O)cc1C. The van der Waals surface area contributed by atoms with Gasteiger partial charge in [0.05, 0.1) is 21.3 Å². The van der Waals surface area contributed by atoms with Crippen LogP contribution in [0.25, 0.3) is 6.08 Å². The highest BCUT2D eigenvalue weighted by molar-refractivity contribution is 6.21. The third-order valence-corrected chi connectivity index (χ3v) is 4.08. The molecule has 0 saturated carbocycles. The number of rotatable bonds is 5. The molecule has 3 rings (SSSR count). The van der Waals surface area contributed by atoms with Gasteiger partial charge in [0.15, 0.2) is 0 Å². The lowest BCUT2D eigenvalue weighted by Gasteiger charge is -2.12. The molecule has 134 valence electrons. The Hall–Kier alpha value is -3.28. The Morgan fingerprint density at radius 3 is 2.19 bits per heavy atom. The van der Waals surface area contributed by atoms with Crippen molar-refractivity contribution in [3.63, 3.8) is 0 Å². The molecule has 1 aliphatic rings. The molecule has 0 unspecified atom stereocenters. The lowest BCUT2D eigenvalue weighted by Crippen LogP contribution is -2.25. The van der Waals surface area contributed by atoms with Crippen LogP contribution in [0.5, 0.6) is 17.2 Å². The van der Waals surface area contributed by atoms with E-state index in [-0.39, 0.29) is 5.91 Å². The molecule has 0 spiro atoms. The summed E-state index contributed by atoms with van der Waals surface area (Å²) in [5.41, 5.74) is 2.78. The summed E-state index contributed by atoms with van der Waals surface area (Å²) in [5, 5.41) is 2.79. The number of carbonyl (C=O) groups excluding carboxylic acids is 1. The zero-order valence-electron chi connectivity index (χ0n) is 15.1. The fraction of sp³-hybridized carbons (Fsp3) is 0.200. The zero-order chi connectivity index (χ0) is 18.7. The van der Waals surface area contributed by atoms with Gasteiger partial charge in [-0.2, -0.15) is 0 Å². The molecule has 2 aromatic carbocycles. The van der Waals surface area contributed by atoms with Gasteiger partial charge in [0.25, 0.3) is 5.91 Å². The average molecular weight is 352 g/mol. The number of nitrogens with zero attached hydrogens (tertiary/aromatic N) is 1. The maximum atomic E-state index is 12.4. The van der Waals surface area contributed by atoms with Crippen molar-refractivity contribution in [3.05, 3.63) is 58.8 Å². The molecule has 0 bridgehead atoms. The molecule has 0 fully saturated rings. The number of amides is 1. The summed E-state index contributed by atoms with van der Waals surface area (Å²) in [6.45, 7) is 1.95. The zero-order valence-corrected chi connectivity index (χ0v) is 15.1. The fourth-order valence-corrected chi connectivity index (χ4v) is 2.82. The first-order valence-corrected chi connectivity index (χ1v) is 8.05. The Kier molecular flexibility index (Phi) is 4.93. The second-order valence-corrected chi connectivity index (χ2v) is 5.71. The number of aryl methyl sites for hydroxylation is 1. The van der Waals surface area contributed by atoms with Crippen molar-refractivity contribution in [2.75, 3.05) is 21.3 Å². The smallest absolute Gasteiger partial charge is 0.275 e. The van der Waals surface area contributed by atoms with Crippen LogP contribution >= 0.6 is 0 Å². The van der Waals surface area contributed by atoms with E-state index in [1.165, 1.54) is 0 Å². The standard InChI is InChI=1S/C20H20N2O4/c1-12-10-13(8-9-15(12)24-2)11-14-20(23)22-19(21-14)18-16(25-3)6-5-7-17(18)26-4/h5-11H,1-4H3,(H,21,22,23)/b14-11+. The number of nitrogens with one attached hydrogen (secondary N) is 1. The largest absolute Gasteiger partial charge is 0.496 e. The highest BCUT2D eigenvalue weighted by atomic mass is 16.5. The lowest BCUT2D eigenvalue weighted by molar-refractivity contribution is -0.115. The van der Waals surface area contributed by atoms with Crippen molar-refractivity contribution in [1.82, 2.24) is 5.32 Å². The molecule has 0 atom stereocenters. The van der Waals surface area contributed by atoms with Gasteiger partial charge in [-0.25, -0.2) is 4.99 Å². The third-order valence-electron chi connectivity index (χ3n) is 4.08. The van der Waals surface area contributed by atoms with Crippen molar-refractivity contribution in [1.29, 1.82) is 0 Å². The van der Waals surface area contributed by atoms with Crippen LogP contribution in [0.1, 0.15) is 16.7 Å². The minimum absolute atomic E-state index is 0.276. The number of ether oxygens (including phenoxy) is 3. The Morgan fingerprint density at radius 2 is 1.62 bits per heavy atom. The summed E-state index contributed by atoms with van der Waals surface area (Å²) in [5.74, 6) is 2.07. The van der Waals surface area contributed by atoms with Crippen LogP contribution in [-0.4, -0.2) is 33.1 Å². The maximum Gasteiger partial charge on any atom is 0.275 e. The van der Waals surface area contributed by atoms with Crippen molar-refractivity contribution in [2.45, 2.75) is 6.92 Å². The van der Waals surface area contributed by atoms with Crippen molar-refractivity contribution < 1.29 is 19.0 Å². The van der Waals surface area contributed by atoms with Gasteiger partial charge in [0.1, 0.15) is 34.3 Å². The number of methoxy groups -OCH3 is 3. The van der Waals surface area contributed by atoms with Crippen LogP contribution in [0.15, 0.2) is 47.1 Å². The molecule has 1 N–H and O–H groups in total. The van der Waals surface area contributed by atoms with Crippen LogP contribution < -0.4 is 19.5 Å². The number of hydrogen-bond acceptors (Lipinski definition) is 5. The van der Waals surface area contributed by atoms with Gasteiger partial charge >= 0.3 is 0 Å². The van der Waals surface area contributed by atoms with Gasteiger partial charge in [-0.05, 0) is 48.4 Å². The molecule has 0 radical (unpaired) electrons. The molecule has 2 aromatic rings. The predicted molar refractivity (Wildman–Crippen MR) is 99.9 cm³/mol. The van der Waals surface area contributed by atoms with Gasteiger partial charge in [0.2, 0.25) is 0 Å². The first kappa shape index (κ1) is 17.5. The van der Waals surface area contributed by atoms with E-state index in [0.717, 1.165) is 16.9 Å². The summed E-state index contributed by atoms with van der Waals surface area (Å²) in [6.07, 6.45) is 1.73. The van der Waals surface area contributed by atoms with Crippen molar-refractivity contribution in [3.8, 4) is 17.2 Å². The molecule has 6 nitrogen and oxygen atoms in total. The van der Waals surface area contributed by atoms with E-state index >= 15 is 0 Å². The van der Waals surface area contributed by atoms with Gasteiger partial charge in [-0.3, -0.25) is 4.79 Å². The molecule has 0 saturated heterocycles. The first-order valence-electron chi connectivity index (χ1n) is 8.05. The fourth-order valence-electron chi connectivity index (χ4n) is 2.82. The van der Waals surface area contributed by atoms with E-state index in [0.29, 0.717) is 28.6 Å². The van der Waals surface area contributed by atoms with E-state index in [1.54, 1.807) is 39.5 Å². The predicted octanol–water partition coefficient (Wildman–Crippen LogP) is 2.94. The topological polar surface area (TPSA) is 69.2 Å². The molecular weight excluding hydrogens is 332 g/mol. The Labute approximate surface area is 152 Å². The Morgan fingerprint density at radius 1 is 0.962 bits per heavy atom. The van der Waals surface area contributed by atoms with Gasteiger partial charge < -0.3 is 19.5 Å². The summed E-state index contributed by atoms with van der Waals surface area (Å²) < 4.78 is 16.0. The maximum absolute atomic E-state index is 12.4. The van der Waals surface area contributed by atoms with Crippen LogP contribution in [0.3, 0.4) is 0 Å². The Balaban J connectivity index is 2.01. The van der Waals surface area contributed by atoms with E-state index < -0.39 is 0 Å². The van der Waals surface area contributed by atoms with Crippen LogP contribution in [0.4, 0.5) is 0 Å². The summed E-state index contributed by atoms with van der Waals surface area (Å²) in [6, 6.07) is 11.1. The molecule has 0 aromatic heterocycles. The number of carbonyl (C=O) groups is 1. The van der Waals surface area contributed by atoms with Crippen LogP contribution in [0, 0.1) is 6.92 Å². The van der Waals surface area contributed by atoms with Gasteiger partial charge in [-0.15, -0.1) is 0 Å². The average Bonchev–Trinajstić information content (AvgIpc) is 3.01. The second kappa shape index (κ2) is 7.31. The number of amidine groups is 1. The van der Waals surface area contributed by atoms with Crippen LogP contribution in [0.2, 0.25) is 0 Å². The van der Waals surface area contributed by atoms with Crippen LogP contribution in [-0.2, 0) is 4.79 Å². The molecule has 1 heterocycles. The highest BCUT2D eigenvalue weighted by Crippen LogP contribution is 2.30. The molecule has 0 aliphatic carbocycles. The summed E-state index contributed by atoms with van der Waals surface area (Å²) in [7, 11) is 4.75. The molecule has 26 heavy (non-hydrogen) atoms. The monoisotopic (exact) mass is 352 g/mol. The van der Waals surface area contributed by atoms with Gasteiger partial charge in [0, 0.05) is 0 Å². The second-order valence-electron chi connectivity index (χ2n) is 5.71. The van der Waals surface area contributed by atoms with Crippen molar-refractivity contribution in [2.24, 2.45) is 4.99 Å². The summed E-state index contributed by atoms with van der Waals surface area (Å²) >= 11 is 0. The third kappa shape index (κ3) is 3.26.